The predicted octanol–water partition coefficient (Wildman–Crippen LogP) is 3.02. The van der Waals surface area contributed by atoms with Crippen molar-refractivity contribution in [3.05, 3.63) is 11.6 Å². The van der Waals surface area contributed by atoms with Gasteiger partial charge in [-0.05, 0) is 64.7 Å². The van der Waals surface area contributed by atoms with Gasteiger partial charge in [0, 0.05) is 32.3 Å². The normalized spacial score (nSPS) is 41.7. The molecule has 34 heavy (non-hydrogen) atoms. The highest BCUT2D eigenvalue weighted by Gasteiger charge is 2.61. The molecule has 8 nitrogen and oxygen atoms in total. The van der Waals surface area contributed by atoms with Crippen molar-refractivity contribution in [2.45, 2.75) is 115 Å². The number of carbonyl (C=O) groups excluding carboxylic acids is 3. The lowest BCUT2D eigenvalue weighted by molar-refractivity contribution is -0.167. The van der Waals surface area contributed by atoms with Crippen LogP contribution in [-0.4, -0.2) is 64.1 Å². The van der Waals surface area contributed by atoms with Crippen LogP contribution in [0.2, 0.25) is 0 Å². The molecule has 3 rings (SSSR count). The van der Waals surface area contributed by atoms with E-state index in [2.05, 4.69) is 0 Å². The third-order valence-electron chi connectivity index (χ3n) is 7.72. The lowest BCUT2D eigenvalue weighted by atomic mass is 9.73. The Morgan fingerprint density at radius 1 is 1.24 bits per heavy atom. The third-order valence-corrected chi connectivity index (χ3v) is 7.72. The van der Waals surface area contributed by atoms with Crippen molar-refractivity contribution in [2.24, 2.45) is 11.8 Å². The molecule has 0 spiro atoms. The zero-order valence-electron chi connectivity index (χ0n) is 20.9. The summed E-state index contributed by atoms with van der Waals surface area (Å²) in [6, 6.07) is 0. The number of ketones is 1. The zero-order valence-corrected chi connectivity index (χ0v) is 20.9. The number of aliphatic hydroxyl groups is 2. The smallest absolute Gasteiger partial charge is 0.339 e. The minimum atomic E-state index is -1.96. The Bertz CT molecular complexity index is 797. The van der Waals surface area contributed by atoms with Crippen LogP contribution in [0.15, 0.2) is 11.6 Å². The number of fused-ring (bicyclic) bond motifs is 1. The average molecular weight is 481 g/mol. The van der Waals surface area contributed by atoms with Crippen LogP contribution in [0.4, 0.5) is 0 Å². The number of allylic oxidation sites excluding steroid dienone is 2. The van der Waals surface area contributed by atoms with E-state index in [0.717, 1.165) is 25.7 Å². The van der Waals surface area contributed by atoms with Gasteiger partial charge in [-0.1, -0.05) is 18.6 Å². The molecule has 2 heterocycles. The first kappa shape index (κ1) is 26.8. The number of carbonyl (C=O) groups is 3. The summed E-state index contributed by atoms with van der Waals surface area (Å²) >= 11 is 0. The van der Waals surface area contributed by atoms with E-state index >= 15 is 0 Å². The molecule has 3 aliphatic rings. The average Bonchev–Trinajstić information content (AvgIpc) is 3.33. The highest BCUT2D eigenvalue weighted by Crippen LogP contribution is 2.44. The number of Topliss-reactive ketones (excluding diaryl/α,β-unsaturated/α-hetero) is 1. The van der Waals surface area contributed by atoms with E-state index in [0.29, 0.717) is 19.4 Å². The molecule has 2 fully saturated rings. The Labute approximate surface area is 202 Å². The van der Waals surface area contributed by atoms with Gasteiger partial charge in [0.05, 0.1) is 6.10 Å². The summed E-state index contributed by atoms with van der Waals surface area (Å²) in [5, 5.41) is 22.6. The first-order valence-corrected chi connectivity index (χ1v) is 12.6. The quantitative estimate of drug-likeness (QED) is 0.467. The van der Waals surface area contributed by atoms with Crippen LogP contribution in [0.25, 0.3) is 0 Å². The fraction of sp³-hybridized carbons (Fsp3) is 0.808. The standard InChI is InChI=1S/C26H40O8/c1-16-8-5-10-17(2)22(33-18(3)27)23-20(14-21(28)25(4,30)12-6-9-16)26(31,24(29)34-23)15-19-11-7-13-32-19/h9,17,19-20,22-23,30-31H,5-8,10-15H2,1-4H3/b16-9+/t17-,19?,20+,22+,23+,25-,26-/m0/s1. The van der Waals surface area contributed by atoms with Crippen LogP contribution < -0.4 is 0 Å². The number of hydrogen-bond donors (Lipinski definition) is 2. The molecule has 1 unspecified atom stereocenters. The van der Waals surface area contributed by atoms with Gasteiger partial charge in [0.2, 0.25) is 0 Å². The van der Waals surface area contributed by atoms with Gasteiger partial charge < -0.3 is 24.4 Å². The zero-order chi connectivity index (χ0) is 25.1. The molecule has 0 amide bonds. The number of rotatable bonds is 3. The van der Waals surface area contributed by atoms with E-state index in [1.807, 2.05) is 19.9 Å². The van der Waals surface area contributed by atoms with Crippen molar-refractivity contribution < 1.29 is 38.8 Å². The van der Waals surface area contributed by atoms with Crippen LogP contribution in [0, 0.1) is 11.8 Å². The van der Waals surface area contributed by atoms with Gasteiger partial charge in [0.25, 0.3) is 0 Å². The van der Waals surface area contributed by atoms with Gasteiger partial charge in [0.15, 0.2) is 11.4 Å². The van der Waals surface area contributed by atoms with Crippen molar-refractivity contribution in [3.8, 4) is 0 Å². The largest absolute Gasteiger partial charge is 0.458 e. The molecular formula is C26H40O8. The third kappa shape index (κ3) is 6.07. The molecule has 0 aromatic heterocycles. The van der Waals surface area contributed by atoms with Crippen molar-refractivity contribution in [1.82, 2.24) is 0 Å². The van der Waals surface area contributed by atoms with Gasteiger partial charge in [-0.2, -0.15) is 0 Å². The summed E-state index contributed by atoms with van der Waals surface area (Å²) in [4.78, 5) is 38.4. The second-order valence-electron chi connectivity index (χ2n) is 10.7. The minimum Gasteiger partial charge on any atom is -0.458 e. The molecular weight excluding hydrogens is 440 g/mol. The van der Waals surface area contributed by atoms with E-state index < -0.39 is 47.0 Å². The molecule has 2 saturated heterocycles. The van der Waals surface area contributed by atoms with Crippen LogP contribution in [0.5, 0.6) is 0 Å². The molecule has 0 saturated carbocycles. The Morgan fingerprint density at radius 3 is 2.62 bits per heavy atom. The molecule has 7 atom stereocenters. The highest BCUT2D eigenvalue weighted by atomic mass is 16.6. The van der Waals surface area contributed by atoms with Crippen molar-refractivity contribution in [2.75, 3.05) is 6.61 Å². The van der Waals surface area contributed by atoms with Crippen molar-refractivity contribution >= 4 is 17.7 Å². The molecule has 0 radical (unpaired) electrons. The van der Waals surface area contributed by atoms with E-state index in [9.17, 15) is 24.6 Å². The molecule has 2 aliphatic heterocycles. The maximum Gasteiger partial charge on any atom is 0.339 e. The predicted molar refractivity (Wildman–Crippen MR) is 124 cm³/mol. The van der Waals surface area contributed by atoms with Gasteiger partial charge >= 0.3 is 11.9 Å². The Balaban J connectivity index is 2.00. The SMILES string of the molecule is CC(=O)O[C@H]1[C@@H]2OC(=O)[C@](O)(CC3CCCO3)[C@@H]2CC(=O)[C@@](C)(O)CC/C=C(\C)CCC[C@@H]1C. The van der Waals surface area contributed by atoms with E-state index in [-0.39, 0.29) is 31.3 Å². The number of hydrogen-bond acceptors (Lipinski definition) is 8. The van der Waals surface area contributed by atoms with Gasteiger partial charge in [-0.3, -0.25) is 9.59 Å². The molecule has 0 aromatic carbocycles. The summed E-state index contributed by atoms with van der Waals surface area (Å²) in [5.74, 6) is -2.94. The summed E-state index contributed by atoms with van der Waals surface area (Å²) in [6.07, 6.45) is 4.40. The summed E-state index contributed by atoms with van der Waals surface area (Å²) in [7, 11) is 0. The van der Waals surface area contributed by atoms with E-state index in [1.54, 1.807) is 0 Å². The monoisotopic (exact) mass is 480 g/mol. The Hall–Kier alpha value is -1.77. The molecule has 0 bridgehead atoms. The maximum atomic E-state index is 13.3. The Morgan fingerprint density at radius 2 is 1.97 bits per heavy atom. The van der Waals surface area contributed by atoms with Crippen molar-refractivity contribution in [1.29, 1.82) is 0 Å². The second-order valence-corrected chi connectivity index (χ2v) is 10.7. The molecule has 0 aromatic rings. The fourth-order valence-corrected chi connectivity index (χ4v) is 5.53. The van der Waals surface area contributed by atoms with Gasteiger partial charge in [0.1, 0.15) is 17.8 Å². The van der Waals surface area contributed by atoms with Crippen LogP contribution in [0.1, 0.15) is 85.5 Å². The maximum absolute atomic E-state index is 13.3. The Kier molecular flexibility index (Phi) is 8.58. The second kappa shape index (κ2) is 10.9. The first-order chi connectivity index (χ1) is 15.9. The summed E-state index contributed by atoms with van der Waals surface area (Å²) < 4.78 is 17.0. The minimum absolute atomic E-state index is 0.00548. The lowest BCUT2D eigenvalue weighted by Crippen LogP contribution is -2.50. The number of ether oxygens (including phenoxy) is 3. The molecule has 192 valence electrons. The molecule has 2 N–H and O–H groups in total. The van der Waals surface area contributed by atoms with E-state index in [4.69, 9.17) is 14.2 Å². The fourth-order valence-electron chi connectivity index (χ4n) is 5.53. The van der Waals surface area contributed by atoms with Crippen molar-refractivity contribution in [3.63, 3.8) is 0 Å². The molecule has 8 heteroatoms. The lowest BCUT2D eigenvalue weighted by Gasteiger charge is -2.35. The van der Waals surface area contributed by atoms with Crippen LogP contribution in [-0.2, 0) is 28.6 Å². The van der Waals surface area contributed by atoms with Crippen LogP contribution >= 0.6 is 0 Å². The first-order valence-electron chi connectivity index (χ1n) is 12.6. The summed E-state index contributed by atoms with van der Waals surface area (Å²) in [5.41, 5.74) is -2.41. The highest BCUT2D eigenvalue weighted by molar-refractivity contribution is 5.89. The van der Waals surface area contributed by atoms with E-state index in [1.165, 1.54) is 19.4 Å². The van der Waals surface area contributed by atoms with Crippen LogP contribution in [0.3, 0.4) is 0 Å². The topological polar surface area (TPSA) is 119 Å². The molecule has 1 aliphatic carbocycles. The van der Waals surface area contributed by atoms with Gasteiger partial charge in [-0.25, -0.2) is 4.79 Å². The number of esters is 2. The van der Waals surface area contributed by atoms with Gasteiger partial charge in [-0.15, -0.1) is 0 Å². The summed E-state index contributed by atoms with van der Waals surface area (Å²) in [6.45, 7) is 7.28.